The molecule has 0 aliphatic carbocycles. The van der Waals surface area contributed by atoms with Crippen LogP contribution in [0.15, 0.2) is 72.9 Å². The molecule has 1 aliphatic rings. The first-order chi connectivity index (χ1) is 15.1. The van der Waals surface area contributed by atoms with E-state index >= 15 is 0 Å². The van der Waals surface area contributed by atoms with Gasteiger partial charge in [-0.2, -0.15) is 0 Å². The number of amides is 1. The molecule has 5 rings (SSSR count). The molecule has 0 bridgehead atoms. The van der Waals surface area contributed by atoms with Crippen molar-refractivity contribution in [2.24, 2.45) is 7.05 Å². The van der Waals surface area contributed by atoms with E-state index < -0.39 is 0 Å². The molecule has 1 fully saturated rings. The van der Waals surface area contributed by atoms with Crippen LogP contribution in [0.4, 0.5) is 10.2 Å². The monoisotopic (exact) mass is 486 g/mol. The van der Waals surface area contributed by atoms with Crippen LogP contribution in [0.5, 0.6) is 0 Å². The molecule has 0 N–H and O–H groups in total. The molecule has 0 radical (unpaired) electrons. The number of anilines is 1. The second-order valence-electron chi connectivity index (χ2n) is 7.78. The highest BCUT2D eigenvalue weighted by Gasteiger charge is 2.29. The van der Waals surface area contributed by atoms with E-state index in [0.717, 1.165) is 35.6 Å². The highest BCUT2D eigenvalue weighted by Crippen LogP contribution is 2.34. The molecule has 172 valence electrons. The molecule has 0 unspecified atom stereocenters. The third-order valence-electron chi connectivity index (χ3n) is 5.96. The third-order valence-corrected chi connectivity index (χ3v) is 5.96. The predicted octanol–water partition coefficient (Wildman–Crippen LogP) is 5.19. The van der Waals surface area contributed by atoms with E-state index in [9.17, 15) is 9.18 Å². The molecule has 8 heteroatoms. The summed E-state index contributed by atoms with van der Waals surface area (Å²) < 4.78 is 15.9. The number of hydrogen-bond acceptors (Lipinski definition) is 3. The van der Waals surface area contributed by atoms with Gasteiger partial charge in [0.2, 0.25) is 0 Å². The zero-order valence-electron chi connectivity index (χ0n) is 18.1. The number of pyridine rings is 1. The first kappa shape index (κ1) is 24.6. The Morgan fingerprint density at radius 2 is 1.61 bits per heavy atom. The molecular formula is C25H25Cl2FN4O. The Labute approximate surface area is 204 Å². The SMILES string of the molecule is Cl.Cl.Cn1c(-c2ccccc2)c(C(=O)N2CCN(c3ccccn3)CC2)c2ccc(F)cc21. The molecule has 0 saturated carbocycles. The van der Waals surface area contributed by atoms with Crippen LogP contribution in [0, 0.1) is 5.82 Å². The lowest BCUT2D eigenvalue weighted by Gasteiger charge is -2.35. The number of rotatable bonds is 3. The number of nitrogens with zero attached hydrogens (tertiary/aromatic N) is 4. The van der Waals surface area contributed by atoms with Crippen LogP contribution in [-0.4, -0.2) is 46.5 Å². The molecule has 33 heavy (non-hydrogen) atoms. The van der Waals surface area contributed by atoms with Crippen molar-refractivity contribution in [3.63, 3.8) is 0 Å². The first-order valence-corrected chi connectivity index (χ1v) is 10.4. The Bertz CT molecular complexity index is 1240. The van der Waals surface area contributed by atoms with Gasteiger partial charge >= 0.3 is 0 Å². The fourth-order valence-electron chi connectivity index (χ4n) is 4.40. The lowest BCUT2D eigenvalue weighted by atomic mass is 10.0. The van der Waals surface area contributed by atoms with E-state index in [0.29, 0.717) is 24.2 Å². The molecule has 1 aliphatic heterocycles. The molecule has 2 aromatic carbocycles. The van der Waals surface area contributed by atoms with Crippen molar-refractivity contribution in [2.75, 3.05) is 31.1 Å². The maximum Gasteiger partial charge on any atom is 0.256 e. The lowest BCUT2D eigenvalue weighted by molar-refractivity contribution is 0.0749. The number of benzene rings is 2. The number of piperazine rings is 1. The Balaban J connectivity index is 0.00000153. The van der Waals surface area contributed by atoms with Gasteiger partial charge in [0.15, 0.2) is 0 Å². The zero-order valence-corrected chi connectivity index (χ0v) is 19.8. The number of halogens is 3. The minimum Gasteiger partial charge on any atom is -0.353 e. The van der Waals surface area contributed by atoms with Crippen LogP contribution < -0.4 is 4.90 Å². The lowest BCUT2D eigenvalue weighted by Crippen LogP contribution is -2.49. The molecule has 5 nitrogen and oxygen atoms in total. The van der Waals surface area contributed by atoms with Crippen LogP contribution >= 0.6 is 24.8 Å². The van der Waals surface area contributed by atoms with E-state index in [2.05, 4.69) is 9.88 Å². The summed E-state index contributed by atoms with van der Waals surface area (Å²) in [4.78, 5) is 22.2. The first-order valence-electron chi connectivity index (χ1n) is 10.4. The van der Waals surface area contributed by atoms with Crippen LogP contribution in [0.2, 0.25) is 0 Å². The van der Waals surface area contributed by atoms with Gasteiger partial charge in [-0.05, 0) is 35.9 Å². The molecule has 3 heterocycles. The Morgan fingerprint density at radius 1 is 0.909 bits per heavy atom. The number of aryl methyl sites for hydroxylation is 1. The van der Waals surface area contributed by atoms with E-state index in [1.54, 1.807) is 12.3 Å². The summed E-state index contributed by atoms with van der Waals surface area (Å²) in [6, 6.07) is 20.3. The van der Waals surface area contributed by atoms with E-state index in [1.165, 1.54) is 12.1 Å². The number of carbonyl (C=O) groups is 1. The highest BCUT2D eigenvalue weighted by atomic mass is 35.5. The Morgan fingerprint density at radius 3 is 2.27 bits per heavy atom. The van der Waals surface area contributed by atoms with Crippen LogP contribution in [0.3, 0.4) is 0 Å². The zero-order chi connectivity index (χ0) is 21.4. The fourth-order valence-corrected chi connectivity index (χ4v) is 4.40. The van der Waals surface area contributed by atoms with E-state index in [1.807, 2.05) is 65.0 Å². The third kappa shape index (κ3) is 4.54. The molecular weight excluding hydrogens is 462 g/mol. The van der Waals surface area contributed by atoms with Crippen LogP contribution in [0.25, 0.3) is 22.2 Å². The molecule has 4 aromatic rings. The summed E-state index contributed by atoms with van der Waals surface area (Å²) >= 11 is 0. The minimum absolute atomic E-state index is 0. The fraction of sp³-hybridized carbons (Fsp3) is 0.200. The highest BCUT2D eigenvalue weighted by molar-refractivity contribution is 6.12. The van der Waals surface area contributed by atoms with Gasteiger partial charge in [0.05, 0.1) is 16.8 Å². The largest absolute Gasteiger partial charge is 0.353 e. The normalized spacial score (nSPS) is 13.4. The van der Waals surface area contributed by atoms with Gasteiger partial charge in [-0.25, -0.2) is 9.37 Å². The molecule has 0 spiro atoms. The van der Waals surface area contributed by atoms with Crippen molar-refractivity contribution in [2.45, 2.75) is 0 Å². The van der Waals surface area contributed by atoms with Crippen molar-refractivity contribution >= 4 is 47.4 Å². The second-order valence-corrected chi connectivity index (χ2v) is 7.78. The summed E-state index contributed by atoms with van der Waals surface area (Å²) in [5, 5.41) is 0.778. The van der Waals surface area contributed by atoms with Crippen molar-refractivity contribution in [3.8, 4) is 11.3 Å². The van der Waals surface area contributed by atoms with Crippen molar-refractivity contribution in [1.82, 2.24) is 14.5 Å². The predicted molar refractivity (Wildman–Crippen MR) is 135 cm³/mol. The molecule has 0 atom stereocenters. The van der Waals surface area contributed by atoms with Crippen molar-refractivity contribution in [1.29, 1.82) is 0 Å². The summed E-state index contributed by atoms with van der Waals surface area (Å²) in [5.41, 5.74) is 3.11. The summed E-state index contributed by atoms with van der Waals surface area (Å²) in [6.07, 6.45) is 1.79. The van der Waals surface area contributed by atoms with Crippen molar-refractivity contribution < 1.29 is 9.18 Å². The van der Waals surface area contributed by atoms with Gasteiger partial charge in [0.1, 0.15) is 11.6 Å². The second kappa shape index (κ2) is 10.2. The topological polar surface area (TPSA) is 41.4 Å². The smallest absolute Gasteiger partial charge is 0.256 e. The number of aromatic nitrogens is 2. The van der Waals surface area contributed by atoms with Gasteiger partial charge in [-0.15, -0.1) is 24.8 Å². The average molecular weight is 487 g/mol. The summed E-state index contributed by atoms with van der Waals surface area (Å²) in [6.45, 7) is 2.67. The number of hydrogen-bond donors (Lipinski definition) is 0. The molecule has 1 saturated heterocycles. The summed E-state index contributed by atoms with van der Waals surface area (Å²) in [5.74, 6) is 0.604. The molecule has 2 aromatic heterocycles. The Hall–Kier alpha value is -3.09. The number of fused-ring (bicyclic) bond motifs is 1. The van der Waals surface area contributed by atoms with Gasteiger partial charge in [0.25, 0.3) is 5.91 Å². The van der Waals surface area contributed by atoms with Crippen molar-refractivity contribution in [3.05, 3.63) is 84.3 Å². The molecule has 1 amide bonds. The van der Waals surface area contributed by atoms with E-state index in [4.69, 9.17) is 0 Å². The van der Waals surface area contributed by atoms with Crippen LogP contribution in [0.1, 0.15) is 10.4 Å². The van der Waals surface area contributed by atoms with Gasteiger partial charge in [0, 0.05) is 44.8 Å². The maximum absolute atomic E-state index is 14.0. The standard InChI is InChI=1S/C25H23FN4O.2ClH/c1-28-21-17-19(26)10-11-20(21)23(24(28)18-7-3-2-4-8-18)25(31)30-15-13-29(14-16-30)22-9-5-6-12-27-22;;/h2-12,17H,13-16H2,1H3;2*1H. The average Bonchev–Trinajstić information content (AvgIpc) is 3.11. The van der Waals surface area contributed by atoms with Gasteiger partial charge in [-0.1, -0.05) is 36.4 Å². The minimum atomic E-state index is -0.310. The van der Waals surface area contributed by atoms with Crippen LogP contribution in [-0.2, 0) is 7.05 Å². The Kier molecular flexibility index (Phi) is 7.61. The van der Waals surface area contributed by atoms with Gasteiger partial charge in [-0.3, -0.25) is 4.79 Å². The summed E-state index contributed by atoms with van der Waals surface area (Å²) in [7, 11) is 1.89. The maximum atomic E-state index is 14.0. The van der Waals surface area contributed by atoms with E-state index in [-0.39, 0.29) is 36.5 Å². The quantitative estimate of drug-likeness (QED) is 0.400. The van der Waals surface area contributed by atoms with Gasteiger partial charge < -0.3 is 14.4 Å². The number of carbonyl (C=O) groups excluding carboxylic acids is 1.